The smallest absolute Gasteiger partial charge is 0.232 e. The molecule has 0 saturated heterocycles. The zero-order chi connectivity index (χ0) is 13.9. The van der Waals surface area contributed by atoms with Crippen LogP contribution in [0.5, 0.6) is 5.88 Å². The van der Waals surface area contributed by atoms with Crippen LogP contribution in [0.3, 0.4) is 0 Å². The van der Waals surface area contributed by atoms with Gasteiger partial charge in [-0.1, -0.05) is 0 Å². The summed E-state index contributed by atoms with van der Waals surface area (Å²) in [6, 6.07) is 0. The molecule has 1 aromatic heterocycles. The highest BCUT2D eigenvalue weighted by molar-refractivity contribution is 9.10. The van der Waals surface area contributed by atoms with Gasteiger partial charge in [0.15, 0.2) is 0 Å². The van der Waals surface area contributed by atoms with Gasteiger partial charge in [0, 0.05) is 26.7 Å². The molecule has 1 aromatic rings. The van der Waals surface area contributed by atoms with Crippen molar-refractivity contribution in [3.8, 4) is 5.88 Å². The van der Waals surface area contributed by atoms with E-state index in [9.17, 15) is 0 Å². The monoisotopic (exact) mass is 333 g/mol. The number of hydrogen-bond acceptors (Lipinski definition) is 6. The Morgan fingerprint density at radius 3 is 2.84 bits per heavy atom. The summed E-state index contributed by atoms with van der Waals surface area (Å²) in [6.07, 6.45) is 2.48. The molecule has 0 aromatic carbocycles. The quantitative estimate of drug-likeness (QED) is 0.661. The summed E-state index contributed by atoms with van der Waals surface area (Å²) in [4.78, 5) is 8.38. The summed E-state index contributed by atoms with van der Waals surface area (Å²) in [5.41, 5.74) is 0. The molecule has 0 radical (unpaired) electrons. The molecule has 6 nitrogen and oxygen atoms in total. The number of methoxy groups -OCH3 is 1. The Kier molecular flexibility index (Phi) is 8.44. The molecule has 19 heavy (non-hydrogen) atoms. The van der Waals surface area contributed by atoms with E-state index < -0.39 is 0 Å². The topological polar surface area (TPSA) is 65.5 Å². The molecule has 0 bridgehead atoms. The first-order valence-corrected chi connectivity index (χ1v) is 7.03. The van der Waals surface area contributed by atoms with Gasteiger partial charge >= 0.3 is 0 Å². The second-order valence-electron chi connectivity index (χ2n) is 3.68. The summed E-state index contributed by atoms with van der Waals surface area (Å²) >= 11 is 3.36. The van der Waals surface area contributed by atoms with Crippen LogP contribution in [0, 0.1) is 0 Å². The molecular formula is C12H20BrN3O3. The Morgan fingerprint density at radius 1 is 1.26 bits per heavy atom. The zero-order valence-electron chi connectivity index (χ0n) is 11.3. The van der Waals surface area contributed by atoms with Crippen LogP contribution < -0.4 is 10.1 Å². The highest BCUT2D eigenvalue weighted by atomic mass is 79.9. The fraction of sp³-hybridized carbons (Fsp3) is 0.667. The Balaban J connectivity index is 2.26. The van der Waals surface area contributed by atoms with E-state index in [1.807, 2.05) is 6.92 Å². The van der Waals surface area contributed by atoms with E-state index >= 15 is 0 Å². The lowest BCUT2D eigenvalue weighted by molar-refractivity contribution is 0.0641. The highest BCUT2D eigenvalue weighted by Crippen LogP contribution is 2.22. The summed E-state index contributed by atoms with van der Waals surface area (Å²) in [5, 5.41) is 3.04. The van der Waals surface area contributed by atoms with Gasteiger partial charge in [0.25, 0.3) is 0 Å². The average molecular weight is 334 g/mol. The first kappa shape index (κ1) is 16.1. The van der Waals surface area contributed by atoms with Crippen LogP contribution >= 0.6 is 15.9 Å². The second-order valence-corrected chi connectivity index (χ2v) is 4.54. The maximum Gasteiger partial charge on any atom is 0.232 e. The van der Waals surface area contributed by atoms with Crippen LogP contribution in [0.25, 0.3) is 0 Å². The lowest BCUT2D eigenvalue weighted by Crippen LogP contribution is -2.08. The molecule has 0 unspecified atom stereocenters. The number of rotatable bonds is 10. The molecule has 0 atom stereocenters. The van der Waals surface area contributed by atoms with Gasteiger partial charge in [0.2, 0.25) is 11.8 Å². The zero-order valence-corrected chi connectivity index (χ0v) is 12.9. The number of halogens is 1. The number of aromatic nitrogens is 2. The number of nitrogens with zero attached hydrogens (tertiary/aromatic N) is 2. The maximum atomic E-state index is 5.58. The van der Waals surface area contributed by atoms with Gasteiger partial charge in [0.05, 0.1) is 30.5 Å². The highest BCUT2D eigenvalue weighted by Gasteiger charge is 2.05. The van der Waals surface area contributed by atoms with Crippen molar-refractivity contribution in [2.75, 3.05) is 45.4 Å². The van der Waals surface area contributed by atoms with Gasteiger partial charge in [-0.15, -0.1) is 0 Å². The van der Waals surface area contributed by atoms with E-state index in [0.29, 0.717) is 38.3 Å². The summed E-state index contributed by atoms with van der Waals surface area (Å²) in [6.45, 7) is 5.18. The normalized spacial score (nSPS) is 10.5. The van der Waals surface area contributed by atoms with Crippen molar-refractivity contribution in [1.82, 2.24) is 9.97 Å². The van der Waals surface area contributed by atoms with E-state index in [-0.39, 0.29) is 0 Å². The van der Waals surface area contributed by atoms with Gasteiger partial charge in [-0.2, -0.15) is 4.98 Å². The predicted octanol–water partition coefficient (Wildman–Crippen LogP) is 2.10. The van der Waals surface area contributed by atoms with E-state index in [0.717, 1.165) is 17.4 Å². The first-order chi connectivity index (χ1) is 9.27. The third-order valence-corrected chi connectivity index (χ3v) is 2.69. The third-order valence-electron chi connectivity index (χ3n) is 2.15. The van der Waals surface area contributed by atoms with E-state index in [1.165, 1.54) is 0 Å². The molecular weight excluding hydrogens is 314 g/mol. The lowest BCUT2D eigenvalue weighted by Gasteiger charge is -2.09. The molecule has 0 aliphatic rings. The van der Waals surface area contributed by atoms with Crippen molar-refractivity contribution in [1.29, 1.82) is 0 Å². The van der Waals surface area contributed by atoms with Gasteiger partial charge in [-0.25, -0.2) is 4.98 Å². The van der Waals surface area contributed by atoms with E-state index in [4.69, 9.17) is 14.2 Å². The molecule has 0 aliphatic carbocycles. The van der Waals surface area contributed by atoms with Crippen molar-refractivity contribution in [3.05, 3.63) is 10.7 Å². The van der Waals surface area contributed by atoms with E-state index in [1.54, 1.807) is 13.3 Å². The fourth-order valence-corrected chi connectivity index (χ4v) is 1.58. The van der Waals surface area contributed by atoms with Gasteiger partial charge in [0.1, 0.15) is 0 Å². The Hall–Kier alpha value is -0.920. The lowest BCUT2D eigenvalue weighted by atomic mass is 10.5. The maximum absolute atomic E-state index is 5.58. The average Bonchev–Trinajstić information content (AvgIpc) is 2.41. The number of nitrogens with one attached hydrogen (secondary N) is 1. The van der Waals surface area contributed by atoms with Crippen molar-refractivity contribution in [2.45, 2.75) is 13.3 Å². The molecule has 0 saturated carbocycles. The van der Waals surface area contributed by atoms with Crippen molar-refractivity contribution < 1.29 is 14.2 Å². The van der Waals surface area contributed by atoms with Gasteiger partial charge < -0.3 is 19.5 Å². The minimum atomic E-state index is 0.544. The minimum absolute atomic E-state index is 0.544. The Morgan fingerprint density at radius 2 is 2.11 bits per heavy atom. The second kappa shape index (κ2) is 9.94. The Bertz CT molecular complexity index is 366. The van der Waals surface area contributed by atoms with Crippen LogP contribution in [-0.4, -0.2) is 50.1 Å². The molecule has 108 valence electrons. The Labute approximate surface area is 122 Å². The van der Waals surface area contributed by atoms with Crippen LogP contribution in [0.4, 0.5) is 5.95 Å². The molecule has 0 fully saturated rings. The van der Waals surface area contributed by atoms with Crippen LogP contribution in [0.2, 0.25) is 0 Å². The number of anilines is 1. The standard InChI is InChI=1S/C12H20BrN3O3/c1-3-14-12-15-9-10(13)11(16-12)19-6-4-5-18-8-7-17-2/h9H,3-8H2,1-2H3,(H,14,15,16). The number of ether oxygens (including phenoxy) is 3. The fourth-order valence-electron chi connectivity index (χ4n) is 1.27. The van der Waals surface area contributed by atoms with Gasteiger partial charge in [-0.3, -0.25) is 0 Å². The van der Waals surface area contributed by atoms with E-state index in [2.05, 4.69) is 31.2 Å². The van der Waals surface area contributed by atoms with Crippen molar-refractivity contribution in [2.24, 2.45) is 0 Å². The summed E-state index contributed by atoms with van der Waals surface area (Å²) in [7, 11) is 1.65. The molecule has 0 amide bonds. The van der Waals surface area contributed by atoms with Crippen LogP contribution in [0.1, 0.15) is 13.3 Å². The third kappa shape index (κ3) is 6.70. The minimum Gasteiger partial charge on any atom is -0.477 e. The molecule has 0 spiro atoms. The number of hydrogen-bond donors (Lipinski definition) is 1. The van der Waals surface area contributed by atoms with Crippen molar-refractivity contribution in [3.63, 3.8) is 0 Å². The summed E-state index contributed by atoms with van der Waals surface area (Å²) < 4.78 is 16.6. The van der Waals surface area contributed by atoms with Crippen LogP contribution in [-0.2, 0) is 9.47 Å². The summed E-state index contributed by atoms with van der Waals surface area (Å²) in [5.74, 6) is 1.11. The molecule has 1 rings (SSSR count). The predicted molar refractivity (Wildman–Crippen MR) is 76.7 cm³/mol. The SMILES string of the molecule is CCNc1ncc(Br)c(OCCCOCCOC)n1. The largest absolute Gasteiger partial charge is 0.477 e. The van der Waals surface area contributed by atoms with Crippen LogP contribution in [0.15, 0.2) is 10.7 Å². The first-order valence-electron chi connectivity index (χ1n) is 6.23. The van der Waals surface area contributed by atoms with Crippen molar-refractivity contribution >= 4 is 21.9 Å². The molecule has 0 aliphatic heterocycles. The van der Waals surface area contributed by atoms with Gasteiger partial charge in [-0.05, 0) is 22.9 Å². The molecule has 7 heteroatoms. The molecule has 1 heterocycles. The molecule has 1 N–H and O–H groups in total.